The van der Waals surface area contributed by atoms with E-state index in [1.54, 1.807) is 0 Å². The van der Waals surface area contributed by atoms with E-state index in [2.05, 4.69) is 45.9 Å². The van der Waals surface area contributed by atoms with E-state index in [-0.39, 0.29) is 10.8 Å². The molecule has 1 aromatic carbocycles. The predicted octanol–water partition coefficient (Wildman–Crippen LogP) is 6.12. The molecule has 0 saturated heterocycles. The van der Waals surface area contributed by atoms with Gasteiger partial charge in [-0.3, -0.25) is 0 Å². The zero-order chi connectivity index (χ0) is 14.5. The molecule has 20 heavy (non-hydrogen) atoms. The number of alkyl halides is 1. The Hall–Kier alpha value is -0.490. The topological polar surface area (TPSA) is 0 Å². The van der Waals surface area contributed by atoms with Crippen molar-refractivity contribution in [3.8, 4) is 0 Å². The summed E-state index contributed by atoms with van der Waals surface area (Å²) in [5.74, 6) is 0.887. The van der Waals surface area contributed by atoms with Crippen LogP contribution in [0.5, 0.6) is 0 Å². The maximum atomic E-state index is 6.65. The highest BCUT2D eigenvalue weighted by molar-refractivity contribution is 6.20. The summed E-state index contributed by atoms with van der Waals surface area (Å²) in [5, 5.41) is 0.202. The Balaban J connectivity index is 1.97. The lowest BCUT2D eigenvalue weighted by molar-refractivity contribution is 0.331. The first-order valence-electron chi connectivity index (χ1n) is 8.09. The Kier molecular flexibility index (Phi) is 3.44. The number of hydrogen-bond donors (Lipinski definition) is 0. The molecule has 1 heteroatoms. The van der Waals surface area contributed by atoms with Gasteiger partial charge in [0.2, 0.25) is 0 Å². The standard InChI is InChI=1S/C19H27Cl/c1-18(2)9-10-19(3,4)16-12-14(7-8-15(16)18)17(20)11-13-5-6-13/h7-8,12-13,17H,5-6,9-11H2,1-4H3. The van der Waals surface area contributed by atoms with E-state index in [4.69, 9.17) is 11.6 Å². The average Bonchev–Trinajstić information content (AvgIpc) is 3.19. The van der Waals surface area contributed by atoms with Crippen LogP contribution in [0.1, 0.15) is 81.9 Å². The molecule has 1 atom stereocenters. The van der Waals surface area contributed by atoms with Crippen molar-refractivity contribution < 1.29 is 0 Å². The summed E-state index contributed by atoms with van der Waals surface area (Å²) in [7, 11) is 0. The Bertz CT molecular complexity index is 508. The molecule has 0 aromatic heterocycles. The molecule has 0 heterocycles. The maximum absolute atomic E-state index is 6.65. The van der Waals surface area contributed by atoms with Gasteiger partial charge in [0, 0.05) is 0 Å². The van der Waals surface area contributed by atoms with Gasteiger partial charge in [0.1, 0.15) is 0 Å². The summed E-state index contributed by atoms with van der Waals surface area (Å²) in [5.41, 5.74) is 5.00. The molecule has 1 saturated carbocycles. The van der Waals surface area contributed by atoms with E-state index in [9.17, 15) is 0 Å². The molecule has 1 fully saturated rings. The maximum Gasteiger partial charge on any atom is 0.0588 e. The number of rotatable bonds is 3. The molecule has 110 valence electrons. The van der Waals surface area contributed by atoms with Crippen molar-refractivity contribution in [3.05, 3.63) is 34.9 Å². The second kappa shape index (κ2) is 4.77. The van der Waals surface area contributed by atoms with E-state index in [0.717, 1.165) is 12.3 Å². The number of benzene rings is 1. The van der Waals surface area contributed by atoms with Gasteiger partial charge >= 0.3 is 0 Å². The Morgan fingerprint density at radius 2 is 1.65 bits per heavy atom. The lowest BCUT2D eigenvalue weighted by atomic mass is 9.63. The molecule has 3 rings (SSSR count). The van der Waals surface area contributed by atoms with Crippen molar-refractivity contribution in [2.45, 2.75) is 76.0 Å². The molecule has 0 nitrogen and oxygen atoms in total. The van der Waals surface area contributed by atoms with Crippen LogP contribution in [-0.4, -0.2) is 0 Å². The first kappa shape index (κ1) is 14.4. The molecular weight excluding hydrogens is 264 g/mol. The quantitative estimate of drug-likeness (QED) is 0.589. The van der Waals surface area contributed by atoms with Gasteiger partial charge in [-0.1, -0.05) is 58.7 Å². The average molecular weight is 291 g/mol. The second-order valence-corrected chi connectivity index (χ2v) is 8.75. The van der Waals surface area contributed by atoms with Gasteiger partial charge in [0.05, 0.1) is 5.38 Å². The van der Waals surface area contributed by atoms with Gasteiger partial charge in [-0.2, -0.15) is 0 Å². The number of fused-ring (bicyclic) bond motifs is 1. The van der Waals surface area contributed by atoms with Crippen LogP contribution in [0.3, 0.4) is 0 Å². The Labute approximate surface area is 128 Å². The Morgan fingerprint density at radius 3 is 2.25 bits per heavy atom. The highest BCUT2D eigenvalue weighted by Gasteiger charge is 2.37. The van der Waals surface area contributed by atoms with Crippen LogP contribution in [0.25, 0.3) is 0 Å². The van der Waals surface area contributed by atoms with E-state index < -0.39 is 0 Å². The summed E-state index contributed by atoms with van der Waals surface area (Å²) in [6.45, 7) is 9.52. The third-order valence-corrected chi connectivity index (χ3v) is 5.91. The SMILES string of the molecule is CC1(C)CCC(C)(C)c2cc(C(Cl)CC3CC3)ccc21. The second-order valence-electron chi connectivity index (χ2n) is 8.22. The largest absolute Gasteiger partial charge is 0.118 e. The van der Waals surface area contributed by atoms with Crippen molar-refractivity contribution in [3.63, 3.8) is 0 Å². The van der Waals surface area contributed by atoms with Crippen LogP contribution in [0.2, 0.25) is 0 Å². The summed E-state index contributed by atoms with van der Waals surface area (Å²) < 4.78 is 0. The predicted molar refractivity (Wildman–Crippen MR) is 87.7 cm³/mol. The minimum absolute atomic E-state index is 0.202. The normalized spacial score (nSPS) is 25.1. The third kappa shape index (κ3) is 2.64. The van der Waals surface area contributed by atoms with Gasteiger partial charge in [-0.15, -0.1) is 11.6 Å². The minimum Gasteiger partial charge on any atom is -0.118 e. The van der Waals surface area contributed by atoms with Gasteiger partial charge in [-0.25, -0.2) is 0 Å². The van der Waals surface area contributed by atoms with Gasteiger partial charge in [0.25, 0.3) is 0 Å². The lowest BCUT2D eigenvalue weighted by Crippen LogP contribution is -2.33. The molecule has 2 aliphatic rings. The molecular formula is C19H27Cl. The zero-order valence-corrected chi connectivity index (χ0v) is 14.1. The smallest absolute Gasteiger partial charge is 0.0588 e. The summed E-state index contributed by atoms with van der Waals surface area (Å²) in [6, 6.07) is 7.05. The Morgan fingerprint density at radius 1 is 1.05 bits per heavy atom. The van der Waals surface area contributed by atoms with Crippen LogP contribution in [0.4, 0.5) is 0 Å². The van der Waals surface area contributed by atoms with Gasteiger partial charge in [0.15, 0.2) is 0 Å². The van der Waals surface area contributed by atoms with E-state index >= 15 is 0 Å². The number of hydrogen-bond acceptors (Lipinski definition) is 0. The summed E-state index contributed by atoms with van der Waals surface area (Å²) in [6.07, 6.45) is 6.47. The highest BCUT2D eigenvalue weighted by atomic mass is 35.5. The summed E-state index contributed by atoms with van der Waals surface area (Å²) in [4.78, 5) is 0. The molecule has 0 amide bonds. The van der Waals surface area contributed by atoms with E-state index in [1.165, 1.54) is 42.4 Å². The molecule has 0 radical (unpaired) electrons. The first-order chi connectivity index (χ1) is 9.29. The van der Waals surface area contributed by atoms with Crippen molar-refractivity contribution in [2.24, 2.45) is 5.92 Å². The molecule has 0 bridgehead atoms. The highest BCUT2D eigenvalue weighted by Crippen LogP contribution is 2.47. The fourth-order valence-corrected chi connectivity index (χ4v) is 3.97. The molecule has 1 aromatic rings. The lowest BCUT2D eigenvalue weighted by Gasteiger charge is -2.42. The van der Waals surface area contributed by atoms with Gasteiger partial charge in [-0.05, 0) is 52.7 Å². The van der Waals surface area contributed by atoms with Crippen molar-refractivity contribution >= 4 is 11.6 Å². The van der Waals surface area contributed by atoms with Crippen LogP contribution in [-0.2, 0) is 10.8 Å². The summed E-state index contributed by atoms with van der Waals surface area (Å²) >= 11 is 6.65. The molecule has 0 aliphatic heterocycles. The minimum atomic E-state index is 0.202. The van der Waals surface area contributed by atoms with Crippen LogP contribution in [0, 0.1) is 5.92 Å². The molecule has 0 N–H and O–H groups in total. The number of halogens is 1. The first-order valence-corrected chi connectivity index (χ1v) is 8.52. The van der Waals surface area contributed by atoms with Crippen LogP contribution in [0.15, 0.2) is 18.2 Å². The molecule has 1 unspecified atom stereocenters. The van der Waals surface area contributed by atoms with E-state index in [0.29, 0.717) is 5.41 Å². The van der Waals surface area contributed by atoms with Crippen molar-refractivity contribution in [1.82, 2.24) is 0 Å². The van der Waals surface area contributed by atoms with E-state index in [1.807, 2.05) is 0 Å². The van der Waals surface area contributed by atoms with Crippen molar-refractivity contribution in [1.29, 1.82) is 0 Å². The third-order valence-electron chi connectivity index (χ3n) is 5.48. The van der Waals surface area contributed by atoms with Crippen molar-refractivity contribution in [2.75, 3.05) is 0 Å². The van der Waals surface area contributed by atoms with Crippen LogP contribution >= 0.6 is 11.6 Å². The fourth-order valence-electron chi connectivity index (χ4n) is 3.58. The molecule has 0 spiro atoms. The fraction of sp³-hybridized carbons (Fsp3) is 0.684. The van der Waals surface area contributed by atoms with Gasteiger partial charge < -0.3 is 0 Å². The zero-order valence-electron chi connectivity index (χ0n) is 13.3. The monoisotopic (exact) mass is 290 g/mol. The molecule has 2 aliphatic carbocycles. The van der Waals surface area contributed by atoms with Crippen LogP contribution < -0.4 is 0 Å².